The van der Waals surface area contributed by atoms with Gasteiger partial charge in [-0.1, -0.05) is 203 Å². The molecule has 0 aromatic carbocycles. The molecule has 0 aromatic heterocycles. The van der Waals surface area contributed by atoms with Crippen molar-refractivity contribution in [2.45, 2.75) is 233 Å². The van der Waals surface area contributed by atoms with Crippen molar-refractivity contribution in [3.63, 3.8) is 0 Å². The van der Waals surface area contributed by atoms with Gasteiger partial charge in [0.15, 0.2) is 0 Å². The molecule has 0 spiro atoms. The van der Waals surface area contributed by atoms with E-state index in [9.17, 15) is 0 Å². The molecule has 9 heteroatoms. The summed E-state index contributed by atoms with van der Waals surface area (Å²) in [5, 5.41) is 11.5. The summed E-state index contributed by atoms with van der Waals surface area (Å²) in [4.78, 5) is 2.58. The average Bonchev–Trinajstić information content (AvgIpc) is 3.54. The molecule has 2 rings (SSSR count). The number of rotatable bonds is 37. The van der Waals surface area contributed by atoms with E-state index in [2.05, 4.69) is 68.7 Å². The molecule has 1 aliphatic carbocycles. The Morgan fingerprint density at radius 3 is 1.60 bits per heavy atom. The van der Waals surface area contributed by atoms with Crippen molar-refractivity contribution in [1.82, 2.24) is 9.91 Å². The molecule has 0 amide bonds. The molecule has 0 saturated heterocycles. The fourth-order valence-electron chi connectivity index (χ4n) is 7.31. The quantitative estimate of drug-likeness (QED) is 0.0355. The van der Waals surface area contributed by atoms with Gasteiger partial charge in [0, 0.05) is 5.54 Å². The maximum Gasteiger partial charge on any atom is 0.248 e. The largest absolute Gasteiger partial charge is 0.322 e. The number of hydrogen-bond acceptors (Lipinski definition) is 8. The molecule has 2 aliphatic rings. The van der Waals surface area contributed by atoms with Gasteiger partial charge in [0.1, 0.15) is 6.04 Å². The zero-order chi connectivity index (χ0) is 38.5. The first-order valence-electron chi connectivity index (χ1n) is 22.6. The van der Waals surface area contributed by atoms with Crippen LogP contribution in [0.15, 0.2) is 33.8 Å². The summed E-state index contributed by atoms with van der Waals surface area (Å²) in [5.74, 6) is 0.773. The number of hydrogen-bond donors (Lipinski definition) is 0. The predicted molar refractivity (Wildman–Crippen MR) is 238 cm³/mol. The average molecular weight is 797 g/mol. The summed E-state index contributed by atoms with van der Waals surface area (Å²) in [6.07, 6.45) is 40.8. The van der Waals surface area contributed by atoms with Crippen molar-refractivity contribution in [1.29, 1.82) is 0 Å². The number of nitrogens with zero attached hydrogens (tertiary/aromatic N) is 4. The van der Waals surface area contributed by atoms with Crippen molar-refractivity contribution in [3.05, 3.63) is 23.4 Å². The van der Waals surface area contributed by atoms with Gasteiger partial charge in [-0.15, -0.1) is 0 Å². The minimum atomic E-state index is -2.51. The van der Waals surface area contributed by atoms with Crippen molar-refractivity contribution in [3.8, 4) is 0 Å². The highest BCUT2D eigenvalue weighted by molar-refractivity contribution is 8.67. The lowest BCUT2D eigenvalue weighted by Gasteiger charge is -2.41. The zero-order valence-electron chi connectivity index (χ0n) is 35.7. The molecule has 6 nitrogen and oxygen atoms in total. The molecule has 2 unspecified atom stereocenters. The molecule has 0 bridgehead atoms. The first kappa shape index (κ1) is 48.9. The SMILES string of the molecule is CCCCCCCCCCCCOP(=S)(OCCCCCCCCCC)SCN(CN1N=NC2CC(C)=CC=C21)C(C)(C)CCCCCCCCCC. The van der Waals surface area contributed by atoms with Gasteiger partial charge in [0.2, 0.25) is 5.69 Å². The van der Waals surface area contributed by atoms with E-state index in [0.717, 1.165) is 31.6 Å². The fourth-order valence-corrected chi connectivity index (χ4v) is 11.6. The third-order valence-corrected chi connectivity index (χ3v) is 16.4. The molecule has 0 N–H and O–H groups in total. The number of fused-ring (bicyclic) bond motifs is 1. The fraction of sp³-hybridized carbons (Fsp3) is 0.909. The Labute approximate surface area is 338 Å². The first-order chi connectivity index (χ1) is 25.7. The zero-order valence-corrected chi connectivity index (χ0v) is 38.3. The summed E-state index contributed by atoms with van der Waals surface area (Å²) in [6, 6.07) is 0.148. The van der Waals surface area contributed by atoms with E-state index in [-0.39, 0.29) is 11.6 Å². The second-order valence-electron chi connectivity index (χ2n) is 16.7. The normalized spacial score (nSPS) is 17.0. The van der Waals surface area contributed by atoms with Gasteiger partial charge >= 0.3 is 0 Å². The van der Waals surface area contributed by atoms with Crippen LogP contribution < -0.4 is 0 Å². The standard InChI is InChI=1S/C44H85N4O2PS2/c1-7-10-13-16-19-22-23-26-29-32-37-50-51(52,49-36-31-28-25-21-18-15-12-9-3)53-40-47(39-48-43-34-33-41(4)38-42(43)45-46-48)44(5,6)35-30-27-24-20-17-14-11-8-2/h33-34,42H,7-32,35-40H2,1-6H3. The monoisotopic (exact) mass is 797 g/mol. The lowest BCUT2D eigenvalue weighted by atomic mass is 9.94. The Morgan fingerprint density at radius 1 is 0.698 bits per heavy atom. The van der Waals surface area contributed by atoms with Crippen LogP contribution in [0.2, 0.25) is 0 Å². The van der Waals surface area contributed by atoms with Crippen LogP contribution in [0.5, 0.6) is 0 Å². The Kier molecular flexibility index (Phi) is 28.5. The van der Waals surface area contributed by atoms with Crippen molar-refractivity contribution < 1.29 is 9.05 Å². The van der Waals surface area contributed by atoms with Crippen LogP contribution in [0.1, 0.15) is 221 Å². The van der Waals surface area contributed by atoms with Crippen LogP contribution in [-0.4, -0.2) is 47.2 Å². The van der Waals surface area contributed by atoms with Crippen LogP contribution in [0, 0.1) is 0 Å². The van der Waals surface area contributed by atoms with E-state index < -0.39 is 5.69 Å². The summed E-state index contributed by atoms with van der Waals surface area (Å²) in [6.45, 7) is 16.0. The van der Waals surface area contributed by atoms with Gasteiger partial charge in [0.25, 0.3) is 0 Å². The highest BCUT2D eigenvalue weighted by Crippen LogP contribution is 2.61. The topological polar surface area (TPSA) is 49.7 Å². The molecule has 0 fully saturated rings. The van der Waals surface area contributed by atoms with E-state index in [4.69, 9.17) is 26.1 Å². The van der Waals surface area contributed by atoms with E-state index in [1.165, 1.54) is 165 Å². The summed E-state index contributed by atoms with van der Waals surface area (Å²) < 4.78 is 13.2. The predicted octanol–water partition coefficient (Wildman–Crippen LogP) is 15.9. The Bertz CT molecular complexity index is 1050. The maximum absolute atomic E-state index is 6.62. The molecule has 0 radical (unpaired) electrons. The second-order valence-corrected chi connectivity index (χ2v) is 23.0. The van der Waals surface area contributed by atoms with Gasteiger partial charge in [0.05, 0.1) is 31.5 Å². The van der Waals surface area contributed by atoms with Crippen LogP contribution in [0.25, 0.3) is 0 Å². The number of allylic oxidation sites excluding steroid dienone is 2. The molecule has 1 heterocycles. The molecular weight excluding hydrogens is 712 g/mol. The van der Waals surface area contributed by atoms with E-state index in [0.29, 0.717) is 19.9 Å². The van der Waals surface area contributed by atoms with Crippen LogP contribution in [0.3, 0.4) is 0 Å². The summed E-state index contributed by atoms with van der Waals surface area (Å²) >= 11 is 8.11. The number of unbranched alkanes of at least 4 members (excludes halogenated alkanes) is 23. The van der Waals surface area contributed by atoms with Gasteiger partial charge in [-0.25, -0.2) is 5.01 Å². The smallest absolute Gasteiger partial charge is 0.248 e. The van der Waals surface area contributed by atoms with E-state index in [1.807, 2.05) is 0 Å². The van der Waals surface area contributed by atoms with Gasteiger partial charge in [-0.2, -0.15) is 5.11 Å². The van der Waals surface area contributed by atoms with Crippen LogP contribution in [0.4, 0.5) is 0 Å². The first-order valence-corrected chi connectivity index (χ1v) is 26.8. The molecule has 310 valence electrons. The summed E-state index contributed by atoms with van der Waals surface area (Å²) in [5.41, 5.74) is 0.0635. The van der Waals surface area contributed by atoms with Crippen molar-refractivity contribution in [2.24, 2.45) is 10.3 Å². The van der Waals surface area contributed by atoms with Crippen LogP contribution >= 0.6 is 17.1 Å². The van der Waals surface area contributed by atoms with Crippen molar-refractivity contribution in [2.75, 3.05) is 25.8 Å². The Morgan fingerprint density at radius 2 is 1.13 bits per heavy atom. The van der Waals surface area contributed by atoms with E-state index in [1.54, 1.807) is 11.4 Å². The highest BCUT2D eigenvalue weighted by atomic mass is 32.9. The summed E-state index contributed by atoms with van der Waals surface area (Å²) in [7, 11) is 0. The molecule has 0 saturated carbocycles. The second kappa shape index (κ2) is 30.8. The third kappa shape index (κ3) is 22.9. The minimum Gasteiger partial charge on any atom is -0.322 e. The Balaban J connectivity index is 2.00. The van der Waals surface area contributed by atoms with Gasteiger partial charge in [-0.05, 0) is 64.3 Å². The van der Waals surface area contributed by atoms with Gasteiger partial charge in [-0.3, -0.25) is 4.90 Å². The highest BCUT2D eigenvalue weighted by Gasteiger charge is 2.35. The third-order valence-electron chi connectivity index (χ3n) is 11.2. The molecule has 53 heavy (non-hydrogen) atoms. The molecular formula is C44H85N4O2PS2. The molecule has 0 aromatic rings. The van der Waals surface area contributed by atoms with Crippen LogP contribution in [-0.2, 0) is 20.9 Å². The lowest BCUT2D eigenvalue weighted by Crippen LogP contribution is -2.48. The lowest BCUT2D eigenvalue weighted by molar-refractivity contribution is 0.0758. The molecule has 2 atom stereocenters. The van der Waals surface area contributed by atoms with Crippen molar-refractivity contribution >= 4 is 28.9 Å². The van der Waals surface area contributed by atoms with Gasteiger partial charge < -0.3 is 9.05 Å². The molecule has 1 aliphatic heterocycles. The Hall–Kier alpha value is -0.240. The van der Waals surface area contributed by atoms with E-state index >= 15 is 0 Å². The minimum absolute atomic E-state index is 0.0156. The maximum atomic E-state index is 6.62.